The topological polar surface area (TPSA) is 42.3 Å². The predicted octanol–water partition coefficient (Wildman–Crippen LogP) is 7.37. The smallest absolute Gasteiger partial charge is 0.293 e. The van der Waals surface area contributed by atoms with E-state index in [2.05, 4.69) is 0 Å². The molecule has 0 bridgehead atoms. The van der Waals surface area contributed by atoms with Gasteiger partial charge in [0.2, 0.25) is 0 Å². The fourth-order valence-corrected chi connectivity index (χ4v) is 5.09. The molecular weight excluding hydrogens is 494 g/mol. The van der Waals surface area contributed by atoms with E-state index in [-0.39, 0.29) is 23.5 Å². The van der Waals surface area contributed by atoms with Crippen LogP contribution >= 0.6 is 35.0 Å². The number of thioether (sulfide) groups is 1. The van der Waals surface area contributed by atoms with Crippen LogP contribution in [0, 0.1) is 5.82 Å². The summed E-state index contributed by atoms with van der Waals surface area (Å²) in [6.07, 6.45) is 3.66. The molecule has 34 heavy (non-hydrogen) atoms. The number of para-hydroxylation sites is 1. The number of rotatable bonds is 5. The Balaban J connectivity index is 1.46. The van der Waals surface area contributed by atoms with Gasteiger partial charge in [-0.3, -0.25) is 14.5 Å². The molecule has 1 saturated heterocycles. The highest BCUT2D eigenvalue weighted by Gasteiger charge is 2.35. The zero-order valence-electron chi connectivity index (χ0n) is 17.7. The first-order valence-corrected chi connectivity index (χ1v) is 12.0. The quantitative estimate of drug-likeness (QED) is 0.263. The monoisotopic (exact) mass is 510 g/mol. The van der Waals surface area contributed by atoms with Crippen molar-refractivity contribution in [1.29, 1.82) is 0 Å². The Hall–Kier alpha value is -3.06. The van der Waals surface area contributed by atoms with Gasteiger partial charge in [-0.05, 0) is 59.3 Å². The molecule has 0 spiro atoms. The summed E-state index contributed by atoms with van der Waals surface area (Å²) in [6.45, 7) is 0.621. The van der Waals surface area contributed by atoms with E-state index in [0.29, 0.717) is 21.5 Å². The normalized spacial score (nSPS) is 15.1. The number of hydrogen-bond donors (Lipinski definition) is 0. The Kier molecular flexibility index (Phi) is 6.21. The number of aromatic nitrogens is 1. The van der Waals surface area contributed by atoms with Gasteiger partial charge in [-0.1, -0.05) is 59.6 Å². The third-order valence-corrected chi connectivity index (χ3v) is 7.10. The molecular formula is C26H17Cl2FN2O2S. The van der Waals surface area contributed by atoms with Crippen LogP contribution < -0.4 is 0 Å². The van der Waals surface area contributed by atoms with Gasteiger partial charge in [-0.15, -0.1) is 0 Å². The average Bonchev–Trinajstić information content (AvgIpc) is 3.29. The summed E-state index contributed by atoms with van der Waals surface area (Å²) in [5, 5.41) is 1.57. The third kappa shape index (κ3) is 4.49. The lowest BCUT2D eigenvalue weighted by molar-refractivity contribution is -0.123. The molecule has 2 heterocycles. The molecule has 0 aliphatic carbocycles. The summed E-state index contributed by atoms with van der Waals surface area (Å²) in [4.78, 5) is 27.2. The molecule has 5 rings (SSSR count). The first kappa shape index (κ1) is 22.7. The van der Waals surface area contributed by atoms with Crippen LogP contribution in [-0.2, 0) is 17.9 Å². The van der Waals surface area contributed by atoms with Crippen LogP contribution in [0.3, 0.4) is 0 Å². The zero-order valence-corrected chi connectivity index (χ0v) is 20.0. The number of fused-ring (bicyclic) bond motifs is 1. The predicted molar refractivity (Wildman–Crippen MR) is 135 cm³/mol. The van der Waals surface area contributed by atoms with Gasteiger partial charge in [0, 0.05) is 39.3 Å². The molecule has 3 aromatic carbocycles. The maximum Gasteiger partial charge on any atom is 0.293 e. The molecule has 4 nitrogen and oxygen atoms in total. The molecule has 170 valence electrons. The maximum absolute atomic E-state index is 13.5. The van der Waals surface area contributed by atoms with E-state index in [0.717, 1.165) is 39.4 Å². The Morgan fingerprint density at radius 3 is 2.47 bits per heavy atom. The summed E-state index contributed by atoms with van der Waals surface area (Å²) >= 11 is 13.1. The number of hydrogen-bond acceptors (Lipinski definition) is 3. The number of halogens is 3. The number of nitrogens with zero attached hydrogens (tertiary/aromatic N) is 2. The molecule has 8 heteroatoms. The second-order valence-electron chi connectivity index (χ2n) is 7.86. The average molecular weight is 511 g/mol. The first-order chi connectivity index (χ1) is 16.4. The zero-order chi connectivity index (χ0) is 23.8. The summed E-state index contributed by atoms with van der Waals surface area (Å²) in [5.41, 5.74) is 3.35. The highest BCUT2D eigenvalue weighted by molar-refractivity contribution is 8.18. The number of amides is 2. The second kappa shape index (κ2) is 9.29. The standard InChI is InChI=1S/C26H17Cl2FN2O2S/c27-19-8-5-16(6-9-19)13-31-25(32)24(34-26(31)33)11-18-15-30(23-4-2-1-3-21(18)23)14-17-7-10-20(29)12-22(17)28/h1-12,15H,13-14H2/b24-11-. The van der Waals surface area contributed by atoms with Crippen LogP contribution in [-0.4, -0.2) is 20.6 Å². The van der Waals surface area contributed by atoms with E-state index in [1.807, 2.05) is 35.0 Å². The van der Waals surface area contributed by atoms with Crippen molar-refractivity contribution in [3.63, 3.8) is 0 Å². The van der Waals surface area contributed by atoms with Gasteiger partial charge in [-0.2, -0.15) is 0 Å². The van der Waals surface area contributed by atoms with Gasteiger partial charge in [-0.25, -0.2) is 4.39 Å². The van der Waals surface area contributed by atoms with Gasteiger partial charge in [0.15, 0.2) is 0 Å². The van der Waals surface area contributed by atoms with Crippen molar-refractivity contribution in [3.05, 3.63) is 110 Å². The fraction of sp³-hybridized carbons (Fsp3) is 0.0769. The Labute approximate surface area is 209 Å². The van der Waals surface area contributed by atoms with Gasteiger partial charge >= 0.3 is 0 Å². The van der Waals surface area contributed by atoms with Crippen molar-refractivity contribution >= 4 is 63.1 Å². The first-order valence-electron chi connectivity index (χ1n) is 10.4. The molecule has 0 saturated carbocycles. The van der Waals surface area contributed by atoms with Crippen LogP contribution in [0.5, 0.6) is 0 Å². The van der Waals surface area contributed by atoms with Crippen molar-refractivity contribution in [2.45, 2.75) is 13.1 Å². The number of imide groups is 1. The minimum absolute atomic E-state index is 0.185. The molecule has 1 aliphatic heterocycles. The minimum atomic E-state index is -0.388. The van der Waals surface area contributed by atoms with Gasteiger partial charge in [0.25, 0.3) is 11.1 Å². The highest BCUT2D eigenvalue weighted by atomic mass is 35.5. The van der Waals surface area contributed by atoms with Gasteiger partial charge in [0.05, 0.1) is 11.4 Å². The largest absolute Gasteiger partial charge is 0.342 e. The van der Waals surface area contributed by atoms with E-state index >= 15 is 0 Å². The Bertz CT molecular complexity index is 1460. The number of carbonyl (C=O) groups is 2. The van der Waals surface area contributed by atoms with E-state index in [4.69, 9.17) is 23.2 Å². The lowest BCUT2D eigenvalue weighted by Crippen LogP contribution is -2.27. The molecule has 0 N–H and O–H groups in total. The Morgan fingerprint density at radius 1 is 0.941 bits per heavy atom. The molecule has 0 atom stereocenters. The van der Waals surface area contributed by atoms with Crippen molar-refractivity contribution < 1.29 is 14.0 Å². The van der Waals surface area contributed by atoms with Crippen LogP contribution in [0.25, 0.3) is 17.0 Å². The molecule has 2 amide bonds. The summed E-state index contributed by atoms with van der Waals surface area (Å²) < 4.78 is 15.5. The highest BCUT2D eigenvalue weighted by Crippen LogP contribution is 2.35. The summed E-state index contributed by atoms with van der Waals surface area (Å²) in [6, 6.07) is 19.2. The third-order valence-electron chi connectivity index (χ3n) is 5.59. The van der Waals surface area contributed by atoms with E-state index in [1.165, 1.54) is 17.0 Å². The summed E-state index contributed by atoms with van der Waals surface area (Å²) in [7, 11) is 0. The molecule has 4 aromatic rings. The molecule has 0 radical (unpaired) electrons. The SMILES string of the molecule is O=C1S/C(=C\c2cn(Cc3ccc(F)cc3Cl)c3ccccc23)C(=O)N1Cc1ccc(Cl)cc1. The van der Waals surface area contributed by atoms with Crippen molar-refractivity contribution in [1.82, 2.24) is 9.47 Å². The maximum atomic E-state index is 13.5. The van der Waals surface area contributed by atoms with Crippen LogP contribution in [0.4, 0.5) is 9.18 Å². The van der Waals surface area contributed by atoms with Crippen LogP contribution in [0.1, 0.15) is 16.7 Å². The lowest BCUT2D eigenvalue weighted by atomic mass is 10.1. The summed E-state index contributed by atoms with van der Waals surface area (Å²) in [5.74, 6) is -0.718. The Morgan fingerprint density at radius 2 is 1.71 bits per heavy atom. The molecule has 0 unspecified atom stereocenters. The second-order valence-corrected chi connectivity index (χ2v) is 9.70. The van der Waals surface area contributed by atoms with Crippen molar-refractivity contribution in [2.24, 2.45) is 0 Å². The van der Waals surface area contributed by atoms with Crippen LogP contribution in [0.15, 0.2) is 77.8 Å². The minimum Gasteiger partial charge on any atom is -0.342 e. The molecule has 1 aromatic heterocycles. The molecule has 1 aliphatic rings. The van der Waals surface area contributed by atoms with Crippen molar-refractivity contribution in [3.8, 4) is 0 Å². The van der Waals surface area contributed by atoms with Crippen LogP contribution in [0.2, 0.25) is 10.0 Å². The van der Waals surface area contributed by atoms with Crippen molar-refractivity contribution in [2.75, 3.05) is 0 Å². The lowest BCUT2D eigenvalue weighted by Gasteiger charge is -2.12. The van der Waals surface area contributed by atoms with E-state index in [9.17, 15) is 14.0 Å². The van der Waals surface area contributed by atoms with E-state index in [1.54, 1.807) is 36.4 Å². The fourth-order valence-electron chi connectivity index (χ4n) is 3.90. The number of benzene rings is 3. The van der Waals surface area contributed by atoms with Gasteiger partial charge in [0.1, 0.15) is 5.82 Å². The van der Waals surface area contributed by atoms with E-state index < -0.39 is 0 Å². The number of carbonyl (C=O) groups excluding carboxylic acids is 2. The van der Waals surface area contributed by atoms with Gasteiger partial charge < -0.3 is 4.57 Å². The molecule has 1 fully saturated rings.